The Balaban J connectivity index is 1.61. The Morgan fingerprint density at radius 1 is 1.54 bits per heavy atom. The number of nitrogens with two attached hydrogens (primary N) is 1. The molecule has 3 heteroatoms. The summed E-state index contributed by atoms with van der Waals surface area (Å²) in [6, 6.07) is -0.638. The summed E-state index contributed by atoms with van der Waals surface area (Å²) in [5.41, 5.74) is 5.43. The number of carbonyl (C=O) groups is 1. The number of hydrogen-bond donors (Lipinski definition) is 2. The molecule has 13 heavy (non-hydrogen) atoms. The van der Waals surface area contributed by atoms with Crippen LogP contribution in [0.25, 0.3) is 0 Å². The van der Waals surface area contributed by atoms with E-state index in [0.29, 0.717) is 6.42 Å². The summed E-state index contributed by atoms with van der Waals surface area (Å²) in [5.74, 6) is 1.87. The van der Waals surface area contributed by atoms with E-state index in [1.54, 1.807) is 0 Å². The lowest BCUT2D eigenvalue weighted by Gasteiger charge is -2.04. The van der Waals surface area contributed by atoms with Gasteiger partial charge in [-0.15, -0.1) is 0 Å². The second kappa shape index (κ2) is 3.29. The molecule has 2 fully saturated rings. The van der Waals surface area contributed by atoms with Crippen molar-refractivity contribution in [3.8, 4) is 0 Å². The highest BCUT2D eigenvalue weighted by atomic mass is 16.4. The molecule has 0 amide bonds. The highest BCUT2D eigenvalue weighted by molar-refractivity contribution is 5.72. The second-order valence-electron chi connectivity index (χ2n) is 4.52. The first kappa shape index (κ1) is 9.00. The van der Waals surface area contributed by atoms with Crippen molar-refractivity contribution in [2.24, 2.45) is 23.5 Å². The van der Waals surface area contributed by atoms with E-state index >= 15 is 0 Å². The van der Waals surface area contributed by atoms with Gasteiger partial charge in [0, 0.05) is 0 Å². The maximum absolute atomic E-state index is 10.4. The monoisotopic (exact) mass is 183 g/mol. The van der Waals surface area contributed by atoms with Gasteiger partial charge >= 0.3 is 5.97 Å². The van der Waals surface area contributed by atoms with Gasteiger partial charge < -0.3 is 10.8 Å². The van der Waals surface area contributed by atoms with E-state index in [9.17, 15) is 4.79 Å². The van der Waals surface area contributed by atoms with Crippen molar-refractivity contribution in [1.29, 1.82) is 0 Å². The van der Waals surface area contributed by atoms with E-state index in [0.717, 1.165) is 24.2 Å². The third-order valence-electron chi connectivity index (χ3n) is 3.37. The lowest BCUT2D eigenvalue weighted by atomic mass is 10.1. The molecule has 2 saturated carbocycles. The largest absolute Gasteiger partial charge is 0.480 e. The lowest BCUT2D eigenvalue weighted by Crippen LogP contribution is -2.29. The Morgan fingerprint density at radius 2 is 2.23 bits per heavy atom. The van der Waals surface area contributed by atoms with Crippen LogP contribution in [-0.4, -0.2) is 17.1 Å². The van der Waals surface area contributed by atoms with Crippen molar-refractivity contribution in [2.75, 3.05) is 0 Å². The van der Waals surface area contributed by atoms with Crippen LogP contribution in [0.15, 0.2) is 0 Å². The third-order valence-corrected chi connectivity index (χ3v) is 3.37. The molecular weight excluding hydrogens is 166 g/mol. The van der Waals surface area contributed by atoms with Gasteiger partial charge in [-0.05, 0) is 49.9 Å². The molecule has 2 aliphatic carbocycles. The average Bonchev–Trinajstić information content (AvgIpc) is 2.91. The predicted octanol–water partition coefficient (Wildman–Crippen LogP) is 1.22. The topological polar surface area (TPSA) is 63.3 Å². The van der Waals surface area contributed by atoms with Crippen LogP contribution in [0.3, 0.4) is 0 Å². The molecule has 0 heterocycles. The SMILES string of the molecule is NC(CCC1CC1C1CC1)C(=O)O. The van der Waals surface area contributed by atoms with Crippen molar-refractivity contribution in [3.05, 3.63) is 0 Å². The smallest absolute Gasteiger partial charge is 0.320 e. The van der Waals surface area contributed by atoms with Crippen LogP contribution in [0.5, 0.6) is 0 Å². The quantitative estimate of drug-likeness (QED) is 0.673. The fourth-order valence-corrected chi connectivity index (χ4v) is 2.22. The number of carboxylic acids is 1. The van der Waals surface area contributed by atoms with Crippen molar-refractivity contribution >= 4 is 5.97 Å². The zero-order valence-electron chi connectivity index (χ0n) is 7.78. The van der Waals surface area contributed by atoms with Crippen molar-refractivity contribution in [3.63, 3.8) is 0 Å². The zero-order valence-corrected chi connectivity index (χ0v) is 7.78. The van der Waals surface area contributed by atoms with Gasteiger partial charge in [-0.25, -0.2) is 0 Å². The van der Waals surface area contributed by atoms with E-state index in [4.69, 9.17) is 10.8 Å². The third kappa shape index (κ3) is 2.21. The summed E-state index contributed by atoms with van der Waals surface area (Å²) < 4.78 is 0. The van der Waals surface area contributed by atoms with E-state index in [-0.39, 0.29) is 0 Å². The molecule has 0 bridgehead atoms. The summed E-state index contributed by atoms with van der Waals surface area (Å²) in [5, 5.41) is 8.58. The van der Waals surface area contributed by atoms with Gasteiger partial charge in [0.2, 0.25) is 0 Å². The Hall–Kier alpha value is -0.570. The average molecular weight is 183 g/mol. The van der Waals surface area contributed by atoms with Crippen LogP contribution in [0.4, 0.5) is 0 Å². The lowest BCUT2D eigenvalue weighted by molar-refractivity contribution is -0.138. The second-order valence-corrected chi connectivity index (χ2v) is 4.52. The Kier molecular flexibility index (Phi) is 2.28. The Bertz CT molecular complexity index is 213. The molecule has 0 aromatic heterocycles. The summed E-state index contributed by atoms with van der Waals surface area (Å²) in [7, 11) is 0. The minimum atomic E-state index is -0.858. The molecule has 0 aliphatic heterocycles. The molecule has 2 rings (SSSR count). The molecule has 0 aromatic rings. The van der Waals surface area contributed by atoms with Gasteiger partial charge in [0.1, 0.15) is 6.04 Å². The number of carboxylic acid groups (broad SMARTS) is 1. The maximum atomic E-state index is 10.4. The number of rotatable bonds is 5. The predicted molar refractivity (Wildman–Crippen MR) is 49.2 cm³/mol. The van der Waals surface area contributed by atoms with E-state index in [2.05, 4.69) is 0 Å². The van der Waals surface area contributed by atoms with E-state index in [1.807, 2.05) is 0 Å². The Labute approximate surface area is 78.3 Å². The number of hydrogen-bond acceptors (Lipinski definition) is 2. The van der Waals surface area contributed by atoms with Gasteiger partial charge in [0.25, 0.3) is 0 Å². The highest BCUT2D eigenvalue weighted by Crippen LogP contribution is 2.55. The van der Waals surface area contributed by atoms with Gasteiger partial charge in [0.05, 0.1) is 0 Å². The van der Waals surface area contributed by atoms with Crippen LogP contribution in [0.2, 0.25) is 0 Å². The van der Waals surface area contributed by atoms with Crippen molar-refractivity contribution in [2.45, 2.75) is 38.1 Å². The normalized spacial score (nSPS) is 34.2. The minimum Gasteiger partial charge on any atom is -0.480 e. The fourth-order valence-electron chi connectivity index (χ4n) is 2.22. The van der Waals surface area contributed by atoms with Crippen molar-refractivity contribution in [1.82, 2.24) is 0 Å². The summed E-state index contributed by atoms with van der Waals surface area (Å²) in [4.78, 5) is 10.4. The molecule has 3 atom stereocenters. The molecule has 0 radical (unpaired) electrons. The summed E-state index contributed by atoms with van der Waals surface area (Å²) in [6.45, 7) is 0. The van der Waals surface area contributed by atoms with Crippen molar-refractivity contribution < 1.29 is 9.90 Å². The summed E-state index contributed by atoms with van der Waals surface area (Å²) >= 11 is 0. The molecule has 3 nitrogen and oxygen atoms in total. The zero-order chi connectivity index (χ0) is 9.42. The van der Waals surface area contributed by atoms with Gasteiger partial charge in [-0.3, -0.25) is 4.79 Å². The van der Waals surface area contributed by atoms with Crippen LogP contribution >= 0.6 is 0 Å². The molecule has 0 saturated heterocycles. The number of aliphatic carboxylic acids is 1. The minimum absolute atomic E-state index is 0.638. The van der Waals surface area contributed by atoms with Crippen LogP contribution in [0.1, 0.15) is 32.1 Å². The van der Waals surface area contributed by atoms with Crippen LogP contribution in [0, 0.1) is 17.8 Å². The first-order valence-electron chi connectivity index (χ1n) is 5.17. The molecular formula is C10H17NO2. The first-order valence-corrected chi connectivity index (χ1v) is 5.17. The molecule has 2 aliphatic rings. The van der Waals surface area contributed by atoms with Gasteiger partial charge in [0.15, 0.2) is 0 Å². The van der Waals surface area contributed by atoms with E-state index < -0.39 is 12.0 Å². The molecule has 74 valence electrons. The molecule has 3 N–H and O–H groups in total. The fraction of sp³-hybridized carbons (Fsp3) is 0.900. The molecule has 3 unspecified atom stereocenters. The summed E-state index contributed by atoms with van der Waals surface area (Å²) in [6.07, 6.45) is 5.83. The van der Waals surface area contributed by atoms with Crippen LogP contribution in [-0.2, 0) is 4.79 Å². The maximum Gasteiger partial charge on any atom is 0.320 e. The van der Waals surface area contributed by atoms with Gasteiger partial charge in [-0.1, -0.05) is 0 Å². The first-order chi connectivity index (χ1) is 6.18. The van der Waals surface area contributed by atoms with Crippen LogP contribution < -0.4 is 5.73 Å². The van der Waals surface area contributed by atoms with E-state index in [1.165, 1.54) is 19.3 Å². The standard InChI is InChI=1S/C10H17NO2/c11-9(10(12)13)4-3-7-5-8(7)6-1-2-6/h6-9H,1-5,11H2,(H,12,13). The molecule has 0 spiro atoms. The van der Waals surface area contributed by atoms with Gasteiger partial charge in [-0.2, -0.15) is 0 Å². The highest BCUT2D eigenvalue weighted by Gasteiger charge is 2.46. The molecule has 0 aromatic carbocycles. The Morgan fingerprint density at radius 3 is 2.77 bits per heavy atom.